The molecule has 1 N–H and O–H groups in total. The van der Waals surface area contributed by atoms with Gasteiger partial charge in [0, 0.05) is 26.2 Å². The van der Waals surface area contributed by atoms with Gasteiger partial charge in [-0.05, 0) is 37.3 Å². The van der Waals surface area contributed by atoms with E-state index in [0.29, 0.717) is 11.3 Å². The van der Waals surface area contributed by atoms with Crippen LogP contribution in [0, 0.1) is 12.3 Å². The van der Waals surface area contributed by atoms with E-state index in [1.54, 1.807) is 7.11 Å². The first-order valence-electron chi connectivity index (χ1n) is 6.92. The number of rotatable bonds is 4. The average molecular weight is 247 g/mol. The number of nitrogens with one attached hydrogen (secondary N) is 1. The summed E-state index contributed by atoms with van der Waals surface area (Å²) < 4.78 is 5.30. The largest absolute Gasteiger partial charge is 0.385 e. The van der Waals surface area contributed by atoms with Gasteiger partial charge in [-0.25, -0.2) is 0 Å². The van der Waals surface area contributed by atoms with Crippen molar-refractivity contribution in [2.75, 3.05) is 26.8 Å². The summed E-state index contributed by atoms with van der Waals surface area (Å²) in [5, 5.41) is 3.54. The Morgan fingerprint density at radius 1 is 1.44 bits per heavy atom. The Morgan fingerprint density at radius 2 is 2.28 bits per heavy atom. The summed E-state index contributed by atoms with van der Waals surface area (Å²) >= 11 is 0. The van der Waals surface area contributed by atoms with Gasteiger partial charge in [0.25, 0.3) is 0 Å². The summed E-state index contributed by atoms with van der Waals surface area (Å²) in [6.07, 6.45) is 2.37. The molecule has 0 saturated carbocycles. The lowest BCUT2D eigenvalue weighted by atomic mass is 9.67. The zero-order valence-corrected chi connectivity index (χ0v) is 11.8. The summed E-state index contributed by atoms with van der Waals surface area (Å²) in [6, 6.07) is 8.96. The molecule has 1 aliphatic heterocycles. The van der Waals surface area contributed by atoms with Crippen LogP contribution in [0.15, 0.2) is 24.3 Å². The molecule has 0 amide bonds. The first-order valence-corrected chi connectivity index (χ1v) is 6.92. The highest BCUT2D eigenvalue weighted by molar-refractivity contribution is 5.28. The Morgan fingerprint density at radius 3 is 3.00 bits per heavy atom. The minimum absolute atomic E-state index is 0.356. The van der Waals surface area contributed by atoms with Crippen LogP contribution in [0.5, 0.6) is 0 Å². The number of methoxy groups -OCH3 is 1. The second kappa shape index (κ2) is 5.85. The SMILES string of the molecule is COCCC1(C)CCNCC1c1cccc(C)c1. The maximum atomic E-state index is 5.30. The van der Waals surface area contributed by atoms with Gasteiger partial charge in [-0.3, -0.25) is 0 Å². The van der Waals surface area contributed by atoms with Crippen LogP contribution in [-0.4, -0.2) is 26.8 Å². The molecular formula is C16H25NO. The van der Waals surface area contributed by atoms with Gasteiger partial charge in [0.1, 0.15) is 0 Å². The zero-order chi connectivity index (χ0) is 13.0. The van der Waals surface area contributed by atoms with Crippen molar-refractivity contribution in [3.05, 3.63) is 35.4 Å². The van der Waals surface area contributed by atoms with Crippen LogP contribution >= 0.6 is 0 Å². The molecule has 0 radical (unpaired) electrons. The zero-order valence-electron chi connectivity index (χ0n) is 11.8. The first-order chi connectivity index (χ1) is 8.65. The van der Waals surface area contributed by atoms with E-state index < -0.39 is 0 Å². The molecule has 100 valence electrons. The first kappa shape index (κ1) is 13.6. The van der Waals surface area contributed by atoms with Crippen molar-refractivity contribution in [2.24, 2.45) is 5.41 Å². The van der Waals surface area contributed by atoms with E-state index >= 15 is 0 Å². The smallest absolute Gasteiger partial charge is 0.0467 e. The lowest BCUT2D eigenvalue weighted by molar-refractivity contribution is 0.104. The molecule has 1 aromatic carbocycles. The molecular weight excluding hydrogens is 222 g/mol. The van der Waals surface area contributed by atoms with E-state index in [4.69, 9.17) is 4.74 Å². The molecule has 1 aliphatic rings. The van der Waals surface area contributed by atoms with Gasteiger partial charge >= 0.3 is 0 Å². The number of hydrogen-bond donors (Lipinski definition) is 1. The molecule has 18 heavy (non-hydrogen) atoms. The van der Waals surface area contributed by atoms with E-state index in [2.05, 4.69) is 43.4 Å². The minimum atomic E-state index is 0.356. The number of hydrogen-bond acceptors (Lipinski definition) is 2. The van der Waals surface area contributed by atoms with Crippen LogP contribution in [0.25, 0.3) is 0 Å². The monoisotopic (exact) mass is 247 g/mol. The molecule has 2 atom stereocenters. The molecule has 2 heteroatoms. The van der Waals surface area contributed by atoms with Gasteiger partial charge in [0.15, 0.2) is 0 Å². The van der Waals surface area contributed by atoms with Gasteiger partial charge in [-0.2, -0.15) is 0 Å². The Bertz CT molecular complexity index is 390. The maximum absolute atomic E-state index is 5.30. The molecule has 2 rings (SSSR count). The number of aryl methyl sites for hydroxylation is 1. The highest BCUT2D eigenvalue weighted by Crippen LogP contribution is 2.43. The fraction of sp³-hybridized carbons (Fsp3) is 0.625. The van der Waals surface area contributed by atoms with Crippen LogP contribution < -0.4 is 5.32 Å². The standard InChI is InChI=1S/C16H25NO/c1-13-5-4-6-14(11-13)15-12-17-9-7-16(15,2)8-10-18-3/h4-6,11,15,17H,7-10,12H2,1-3H3. The van der Waals surface area contributed by atoms with E-state index in [9.17, 15) is 0 Å². The normalized spacial score (nSPS) is 28.3. The molecule has 0 aliphatic carbocycles. The third-order valence-electron chi connectivity index (χ3n) is 4.38. The van der Waals surface area contributed by atoms with Gasteiger partial charge in [0.05, 0.1) is 0 Å². The fourth-order valence-electron chi connectivity index (χ4n) is 3.08. The van der Waals surface area contributed by atoms with Crippen LogP contribution in [0.3, 0.4) is 0 Å². The number of piperidine rings is 1. The fourth-order valence-corrected chi connectivity index (χ4v) is 3.08. The molecule has 1 fully saturated rings. The van der Waals surface area contributed by atoms with Crippen LogP contribution in [-0.2, 0) is 4.74 Å². The van der Waals surface area contributed by atoms with Crippen molar-refractivity contribution in [3.63, 3.8) is 0 Å². The summed E-state index contributed by atoms with van der Waals surface area (Å²) in [6.45, 7) is 7.66. The molecule has 2 unspecified atom stereocenters. The van der Waals surface area contributed by atoms with Crippen molar-refractivity contribution < 1.29 is 4.74 Å². The van der Waals surface area contributed by atoms with Gasteiger partial charge in [-0.1, -0.05) is 36.8 Å². The predicted octanol–water partition coefficient (Wildman–Crippen LogP) is 3.11. The third kappa shape index (κ3) is 2.93. The molecule has 0 spiro atoms. The number of ether oxygens (including phenoxy) is 1. The van der Waals surface area contributed by atoms with Gasteiger partial charge < -0.3 is 10.1 Å². The predicted molar refractivity (Wildman–Crippen MR) is 76.0 cm³/mol. The Kier molecular flexibility index (Phi) is 4.41. The van der Waals surface area contributed by atoms with Crippen molar-refractivity contribution in [3.8, 4) is 0 Å². The summed E-state index contributed by atoms with van der Waals surface area (Å²) in [5.41, 5.74) is 3.18. The van der Waals surface area contributed by atoms with Crippen LogP contribution in [0.1, 0.15) is 36.8 Å². The summed E-state index contributed by atoms with van der Waals surface area (Å²) in [5.74, 6) is 0.598. The summed E-state index contributed by atoms with van der Waals surface area (Å²) in [7, 11) is 1.80. The molecule has 1 aromatic rings. The van der Waals surface area contributed by atoms with Crippen molar-refractivity contribution >= 4 is 0 Å². The van der Waals surface area contributed by atoms with Crippen molar-refractivity contribution in [1.82, 2.24) is 5.32 Å². The van der Waals surface area contributed by atoms with E-state index in [1.165, 1.54) is 17.5 Å². The highest BCUT2D eigenvalue weighted by atomic mass is 16.5. The quantitative estimate of drug-likeness (QED) is 0.882. The van der Waals surface area contributed by atoms with Crippen molar-refractivity contribution in [2.45, 2.75) is 32.6 Å². The molecule has 1 saturated heterocycles. The lowest BCUT2D eigenvalue weighted by Crippen LogP contribution is -2.42. The minimum Gasteiger partial charge on any atom is -0.385 e. The second-order valence-corrected chi connectivity index (χ2v) is 5.82. The summed E-state index contributed by atoms with van der Waals surface area (Å²) in [4.78, 5) is 0. The second-order valence-electron chi connectivity index (χ2n) is 5.82. The Balaban J connectivity index is 2.22. The van der Waals surface area contributed by atoms with E-state index in [1.807, 2.05) is 0 Å². The molecule has 1 heterocycles. The van der Waals surface area contributed by atoms with E-state index in [-0.39, 0.29) is 0 Å². The maximum Gasteiger partial charge on any atom is 0.0467 e. The average Bonchev–Trinajstić information content (AvgIpc) is 2.37. The third-order valence-corrected chi connectivity index (χ3v) is 4.38. The van der Waals surface area contributed by atoms with Gasteiger partial charge in [0.2, 0.25) is 0 Å². The van der Waals surface area contributed by atoms with E-state index in [0.717, 1.165) is 26.1 Å². The molecule has 2 nitrogen and oxygen atoms in total. The lowest BCUT2D eigenvalue weighted by Gasteiger charge is -2.42. The molecule has 0 aromatic heterocycles. The van der Waals surface area contributed by atoms with Gasteiger partial charge in [-0.15, -0.1) is 0 Å². The van der Waals surface area contributed by atoms with Crippen LogP contribution in [0.2, 0.25) is 0 Å². The van der Waals surface area contributed by atoms with Crippen LogP contribution in [0.4, 0.5) is 0 Å². The highest BCUT2D eigenvalue weighted by Gasteiger charge is 2.36. The van der Waals surface area contributed by atoms with Crippen molar-refractivity contribution in [1.29, 1.82) is 0 Å². The topological polar surface area (TPSA) is 21.3 Å². The Labute approximate surface area is 111 Å². The molecule has 0 bridgehead atoms. The Hall–Kier alpha value is -0.860. The number of benzene rings is 1.